The van der Waals surface area contributed by atoms with Crippen LogP contribution in [0, 0.1) is 11.8 Å². The van der Waals surface area contributed by atoms with Crippen molar-refractivity contribution in [3.05, 3.63) is 42.0 Å². The molecule has 0 radical (unpaired) electrons. The lowest BCUT2D eigenvalue weighted by Crippen LogP contribution is -2.39. The molecule has 1 aromatic rings. The summed E-state index contributed by atoms with van der Waals surface area (Å²) in [5, 5.41) is 0. The van der Waals surface area contributed by atoms with Crippen LogP contribution in [0.5, 0.6) is 0 Å². The van der Waals surface area contributed by atoms with Crippen molar-refractivity contribution in [3.63, 3.8) is 0 Å². The van der Waals surface area contributed by atoms with E-state index in [1.54, 1.807) is 4.90 Å². The molecule has 2 bridgehead atoms. The molecular weight excluding hydrogens is 294 g/mol. The van der Waals surface area contributed by atoms with Crippen LogP contribution in [0.3, 0.4) is 0 Å². The fourth-order valence-electron chi connectivity index (χ4n) is 4.18. The molecule has 2 saturated heterocycles. The Labute approximate surface area is 134 Å². The van der Waals surface area contributed by atoms with Gasteiger partial charge >= 0.3 is 5.97 Å². The number of hydrogen-bond acceptors (Lipinski definition) is 4. The first-order valence-electron chi connectivity index (χ1n) is 7.95. The average molecular weight is 313 g/mol. The Kier molecular flexibility index (Phi) is 3.10. The van der Waals surface area contributed by atoms with Gasteiger partial charge in [-0.25, -0.2) is 0 Å². The van der Waals surface area contributed by atoms with Gasteiger partial charge in [-0.2, -0.15) is 0 Å². The van der Waals surface area contributed by atoms with Crippen LogP contribution in [0.2, 0.25) is 0 Å². The third kappa shape index (κ3) is 1.83. The molecule has 2 fully saturated rings. The molecule has 0 N–H and O–H groups in total. The third-order valence-electron chi connectivity index (χ3n) is 5.24. The highest BCUT2D eigenvalue weighted by Gasteiger charge is 2.67. The molecule has 0 aromatic heterocycles. The summed E-state index contributed by atoms with van der Waals surface area (Å²) in [6.45, 7) is 2.52. The number of methoxy groups -OCH3 is 1. The Balaban J connectivity index is 1.75. The van der Waals surface area contributed by atoms with E-state index in [4.69, 9.17) is 9.47 Å². The van der Waals surface area contributed by atoms with Gasteiger partial charge in [0.15, 0.2) is 0 Å². The summed E-state index contributed by atoms with van der Waals surface area (Å²) in [4.78, 5) is 27.0. The van der Waals surface area contributed by atoms with Crippen LogP contribution in [-0.2, 0) is 25.5 Å². The number of fused-ring (bicyclic) bond motifs is 1. The van der Waals surface area contributed by atoms with E-state index in [-0.39, 0.29) is 18.0 Å². The Morgan fingerprint density at radius 2 is 2.22 bits per heavy atom. The Bertz CT molecular complexity index is 713. The zero-order valence-corrected chi connectivity index (χ0v) is 13.2. The van der Waals surface area contributed by atoms with Crippen LogP contribution in [0.15, 0.2) is 36.4 Å². The number of nitrogens with zero attached hydrogens (tertiary/aromatic N) is 1. The predicted molar refractivity (Wildman–Crippen MR) is 83.9 cm³/mol. The van der Waals surface area contributed by atoms with Crippen LogP contribution in [-0.4, -0.2) is 37.2 Å². The Morgan fingerprint density at radius 3 is 2.96 bits per heavy atom. The lowest BCUT2D eigenvalue weighted by Gasteiger charge is -2.23. The van der Waals surface area contributed by atoms with Crippen LogP contribution >= 0.6 is 0 Å². The Hall–Kier alpha value is -2.14. The number of amides is 1. The smallest absolute Gasteiger partial charge is 0.312 e. The highest BCUT2D eigenvalue weighted by atomic mass is 16.5. The normalized spacial score (nSPS) is 34.1. The molecule has 23 heavy (non-hydrogen) atoms. The van der Waals surface area contributed by atoms with Crippen molar-refractivity contribution in [3.8, 4) is 0 Å². The largest absolute Gasteiger partial charge is 0.469 e. The fourth-order valence-corrected chi connectivity index (χ4v) is 4.18. The maximum atomic E-state index is 13.1. The predicted octanol–water partition coefficient (Wildman–Crippen LogP) is 1.71. The molecule has 0 unspecified atom stereocenters. The summed E-state index contributed by atoms with van der Waals surface area (Å²) in [6.07, 6.45) is 4.34. The molecule has 1 aromatic carbocycles. The number of para-hydroxylation sites is 1. The maximum Gasteiger partial charge on any atom is 0.312 e. The highest BCUT2D eigenvalue weighted by molar-refractivity contribution is 6.03. The lowest BCUT2D eigenvalue weighted by atomic mass is 9.77. The standard InChI is InChI=1S/C18H19NO4/c1-3-11-6-4-5-7-12(11)19-10-18-9-8-13(23-18)14(17(21)22-2)15(18)16(19)20/h4-9,13-15H,3,10H2,1-2H3/t13-,14-,15-,18+/m1/s1. The number of rotatable bonds is 3. The zero-order chi connectivity index (χ0) is 16.2. The molecule has 120 valence electrons. The van der Waals surface area contributed by atoms with Crippen molar-refractivity contribution < 1.29 is 19.1 Å². The van der Waals surface area contributed by atoms with Crippen molar-refractivity contribution >= 4 is 17.6 Å². The van der Waals surface area contributed by atoms with E-state index < -0.39 is 17.4 Å². The average Bonchev–Trinajstić information content (AvgIpc) is 3.22. The molecular formula is C18H19NO4. The number of esters is 1. The molecule has 5 heteroatoms. The van der Waals surface area contributed by atoms with Gasteiger partial charge in [0.05, 0.1) is 25.7 Å². The summed E-state index contributed by atoms with van der Waals surface area (Å²) in [7, 11) is 1.36. The number of anilines is 1. The summed E-state index contributed by atoms with van der Waals surface area (Å²) in [5.74, 6) is -1.45. The summed E-state index contributed by atoms with van der Waals surface area (Å²) < 4.78 is 10.9. The topological polar surface area (TPSA) is 55.8 Å². The van der Waals surface area contributed by atoms with Gasteiger partial charge in [0.2, 0.25) is 5.91 Å². The van der Waals surface area contributed by atoms with Crippen LogP contribution < -0.4 is 4.90 Å². The number of carbonyl (C=O) groups excluding carboxylic acids is 2. The van der Waals surface area contributed by atoms with E-state index in [0.29, 0.717) is 6.54 Å². The minimum atomic E-state index is -0.693. The van der Waals surface area contributed by atoms with Crippen molar-refractivity contribution in [2.24, 2.45) is 11.8 Å². The molecule has 0 aliphatic carbocycles. The van der Waals surface area contributed by atoms with E-state index >= 15 is 0 Å². The zero-order valence-electron chi connectivity index (χ0n) is 13.2. The second kappa shape index (κ2) is 4.93. The lowest BCUT2D eigenvalue weighted by molar-refractivity contribution is -0.149. The molecule has 1 amide bonds. The minimum Gasteiger partial charge on any atom is -0.469 e. The molecule has 4 atom stereocenters. The van der Waals surface area contributed by atoms with Crippen molar-refractivity contribution in [2.45, 2.75) is 25.0 Å². The second-order valence-electron chi connectivity index (χ2n) is 6.33. The number of benzene rings is 1. The van der Waals surface area contributed by atoms with Gasteiger partial charge in [-0.3, -0.25) is 9.59 Å². The molecule has 5 nitrogen and oxygen atoms in total. The van der Waals surface area contributed by atoms with E-state index in [1.165, 1.54) is 7.11 Å². The summed E-state index contributed by atoms with van der Waals surface area (Å²) >= 11 is 0. The number of aryl methyl sites for hydroxylation is 1. The van der Waals surface area contributed by atoms with E-state index in [2.05, 4.69) is 6.92 Å². The molecule has 4 rings (SSSR count). The quantitative estimate of drug-likeness (QED) is 0.630. The minimum absolute atomic E-state index is 0.0480. The van der Waals surface area contributed by atoms with E-state index in [9.17, 15) is 9.59 Å². The number of ether oxygens (including phenoxy) is 2. The molecule has 0 saturated carbocycles. The molecule has 1 spiro atoms. The van der Waals surface area contributed by atoms with Gasteiger partial charge in [-0.15, -0.1) is 0 Å². The SMILES string of the molecule is CCc1ccccc1N1C[C@]23C=C[C@@H](O2)[C@@H](C(=O)OC)[C@@H]3C1=O. The van der Waals surface area contributed by atoms with E-state index in [1.807, 2.05) is 36.4 Å². The van der Waals surface area contributed by atoms with Crippen LogP contribution in [0.1, 0.15) is 12.5 Å². The van der Waals surface area contributed by atoms with Crippen molar-refractivity contribution in [1.29, 1.82) is 0 Å². The van der Waals surface area contributed by atoms with Gasteiger partial charge < -0.3 is 14.4 Å². The van der Waals surface area contributed by atoms with Gasteiger partial charge in [-0.1, -0.05) is 37.3 Å². The van der Waals surface area contributed by atoms with Crippen LogP contribution in [0.25, 0.3) is 0 Å². The highest BCUT2D eigenvalue weighted by Crippen LogP contribution is 2.53. The van der Waals surface area contributed by atoms with Gasteiger partial charge in [0.25, 0.3) is 0 Å². The molecule has 3 aliphatic heterocycles. The first kappa shape index (κ1) is 14.5. The van der Waals surface area contributed by atoms with Crippen molar-refractivity contribution in [1.82, 2.24) is 0 Å². The fraction of sp³-hybridized carbons (Fsp3) is 0.444. The van der Waals surface area contributed by atoms with Gasteiger partial charge in [-0.05, 0) is 18.1 Å². The summed E-state index contributed by atoms with van der Waals surface area (Å²) in [6, 6.07) is 7.89. The van der Waals surface area contributed by atoms with Crippen molar-refractivity contribution in [2.75, 3.05) is 18.6 Å². The monoisotopic (exact) mass is 313 g/mol. The first-order chi connectivity index (χ1) is 11.1. The van der Waals surface area contributed by atoms with Crippen LogP contribution in [0.4, 0.5) is 5.69 Å². The van der Waals surface area contributed by atoms with Gasteiger partial charge in [0.1, 0.15) is 11.5 Å². The Morgan fingerprint density at radius 1 is 1.43 bits per heavy atom. The molecule has 3 heterocycles. The van der Waals surface area contributed by atoms with E-state index in [0.717, 1.165) is 17.7 Å². The molecule has 3 aliphatic rings. The number of hydrogen-bond donors (Lipinski definition) is 0. The second-order valence-corrected chi connectivity index (χ2v) is 6.33. The first-order valence-corrected chi connectivity index (χ1v) is 7.95. The van der Waals surface area contributed by atoms with Gasteiger partial charge in [0, 0.05) is 5.69 Å². The third-order valence-corrected chi connectivity index (χ3v) is 5.24. The number of carbonyl (C=O) groups is 2. The maximum absolute atomic E-state index is 13.1. The summed E-state index contributed by atoms with van der Waals surface area (Å²) in [5.41, 5.74) is 1.33.